The fraction of sp³-hybridized carbons (Fsp3) is 0.480. The summed E-state index contributed by atoms with van der Waals surface area (Å²) in [5.74, 6) is -1.79. The van der Waals surface area contributed by atoms with Crippen LogP contribution in [0.25, 0.3) is 11.1 Å². The Morgan fingerprint density at radius 1 is 1.06 bits per heavy atom. The number of rotatable bonds is 9. The number of nitrogens with two attached hydrogens (primary N) is 1. The van der Waals surface area contributed by atoms with Crippen LogP contribution in [0.2, 0.25) is 0 Å². The molecule has 0 aromatic heterocycles. The molecule has 0 aliphatic carbocycles. The standard InChI is InChI=1S/C25H31F4NO2S/c1-16-14-19(26)8-9-20(16)17-6-5-7-18(15-17)21(25(27,28)29)10-12-33-13-11-22(30)23(31)32-24(2,3)4/h5-9,14-15,21-22H,10-13,30H2,1-4H3. The lowest BCUT2D eigenvalue weighted by Gasteiger charge is -2.22. The molecule has 0 fully saturated rings. The molecule has 2 N–H and O–H groups in total. The van der Waals surface area contributed by atoms with Crippen molar-refractivity contribution >= 4 is 17.7 Å². The van der Waals surface area contributed by atoms with Gasteiger partial charge in [-0.25, -0.2) is 4.39 Å². The predicted molar refractivity (Wildman–Crippen MR) is 126 cm³/mol. The third-order valence-corrected chi connectivity index (χ3v) is 6.07. The maximum absolute atomic E-state index is 13.8. The molecule has 0 heterocycles. The summed E-state index contributed by atoms with van der Waals surface area (Å²) in [5.41, 5.74) is 7.35. The van der Waals surface area contributed by atoms with Gasteiger partial charge in [-0.05, 0) is 86.4 Å². The largest absolute Gasteiger partial charge is 0.459 e. The zero-order chi connectivity index (χ0) is 24.8. The smallest absolute Gasteiger partial charge is 0.395 e. The molecular formula is C25H31F4NO2S. The SMILES string of the molecule is Cc1cc(F)ccc1-c1cccc(C(CCSCCC(N)C(=O)OC(C)(C)C)C(F)(F)F)c1. The Hall–Kier alpha value is -2.06. The van der Waals surface area contributed by atoms with Crippen LogP contribution in [0.1, 0.15) is 50.7 Å². The predicted octanol–water partition coefficient (Wildman–Crippen LogP) is 6.63. The molecule has 182 valence electrons. The highest BCUT2D eigenvalue weighted by atomic mass is 32.2. The van der Waals surface area contributed by atoms with Crippen LogP contribution in [0.5, 0.6) is 0 Å². The van der Waals surface area contributed by atoms with E-state index in [4.69, 9.17) is 10.5 Å². The van der Waals surface area contributed by atoms with E-state index in [1.165, 1.54) is 36.0 Å². The van der Waals surface area contributed by atoms with E-state index in [0.717, 1.165) is 0 Å². The van der Waals surface area contributed by atoms with Crippen molar-refractivity contribution in [2.75, 3.05) is 11.5 Å². The molecule has 3 nitrogen and oxygen atoms in total. The highest BCUT2D eigenvalue weighted by molar-refractivity contribution is 7.99. The summed E-state index contributed by atoms with van der Waals surface area (Å²) in [7, 11) is 0. The van der Waals surface area contributed by atoms with Gasteiger partial charge in [-0.2, -0.15) is 24.9 Å². The molecule has 0 bridgehead atoms. The number of esters is 1. The number of ether oxygens (including phenoxy) is 1. The number of hydrogen-bond acceptors (Lipinski definition) is 4. The fourth-order valence-corrected chi connectivity index (χ4v) is 4.43. The summed E-state index contributed by atoms with van der Waals surface area (Å²) in [5, 5.41) is 0. The molecule has 0 saturated carbocycles. The number of hydrogen-bond donors (Lipinski definition) is 1. The van der Waals surface area contributed by atoms with Crippen molar-refractivity contribution in [3.8, 4) is 11.1 Å². The lowest BCUT2D eigenvalue weighted by Crippen LogP contribution is -2.37. The van der Waals surface area contributed by atoms with E-state index in [2.05, 4.69) is 0 Å². The minimum Gasteiger partial charge on any atom is -0.459 e. The normalized spacial score (nSPS) is 14.1. The summed E-state index contributed by atoms with van der Waals surface area (Å²) in [6, 6.07) is 9.77. The summed E-state index contributed by atoms with van der Waals surface area (Å²) >= 11 is 1.33. The molecule has 0 radical (unpaired) electrons. The van der Waals surface area contributed by atoms with Gasteiger partial charge in [0.15, 0.2) is 0 Å². The van der Waals surface area contributed by atoms with E-state index in [1.54, 1.807) is 45.9 Å². The third kappa shape index (κ3) is 8.66. The molecule has 2 aromatic rings. The number of halogens is 4. The molecule has 2 aromatic carbocycles. The van der Waals surface area contributed by atoms with Gasteiger partial charge in [0.25, 0.3) is 0 Å². The minimum atomic E-state index is -4.40. The molecule has 33 heavy (non-hydrogen) atoms. The van der Waals surface area contributed by atoms with Crippen LogP contribution >= 0.6 is 11.8 Å². The lowest BCUT2D eigenvalue weighted by molar-refractivity contribution is -0.156. The first-order valence-corrected chi connectivity index (χ1v) is 11.9. The Bertz CT molecular complexity index is 941. The minimum absolute atomic E-state index is 0.0955. The van der Waals surface area contributed by atoms with Crippen molar-refractivity contribution < 1.29 is 27.1 Å². The molecule has 2 atom stereocenters. The van der Waals surface area contributed by atoms with Crippen molar-refractivity contribution in [1.82, 2.24) is 0 Å². The summed E-state index contributed by atoms with van der Waals surface area (Å²) in [6.45, 7) is 6.97. The number of alkyl halides is 3. The van der Waals surface area contributed by atoms with Crippen molar-refractivity contribution in [2.45, 2.75) is 64.3 Å². The Morgan fingerprint density at radius 3 is 2.33 bits per heavy atom. The third-order valence-electron chi connectivity index (χ3n) is 5.02. The van der Waals surface area contributed by atoms with E-state index in [0.29, 0.717) is 28.9 Å². The van der Waals surface area contributed by atoms with Gasteiger partial charge in [0.2, 0.25) is 0 Å². The van der Waals surface area contributed by atoms with E-state index >= 15 is 0 Å². The van der Waals surface area contributed by atoms with Crippen molar-refractivity contribution in [2.24, 2.45) is 5.73 Å². The molecule has 0 amide bonds. The molecule has 0 spiro atoms. The summed E-state index contributed by atoms with van der Waals surface area (Å²) in [4.78, 5) is 11.9. The van der Waals surface area contributed by atoms with Crippen LogP contribution in [-0.4, -0.2) is 35.3 Å². The second kappa shape index (κ2) is 11.4. The quantitative estimate of drug-likeness (QED) is 0.246. The van der Waals surface area contributed by atoms with Gasteiger partial charge >= 0.3 is 12.1 Å². The van der Waals surface area contributed by atoms with Crippen LogP contribution < -0.4 is 5.73 Å². The molecule has 0 saturated heterocycles. The Labute approximate surface area is 197 Å². The average molecular weight is 486 g/mol. The van der Waals surface area contributed by atoms with Crippen molar-refractivity contribution in [1.29, 1.82) is 0 Å². The lowest BCUT2D eigenvalue weighted by atomic mass is 9.91. The van der Waals surface area contributed by atoms with Crippen LogP contribution in [0.15, 0.2) is 42.5 Å². The van der Waals surface area contributed by atoms with Gasteiger partial charge in [-0.15, -0.1) is 0 Å². The van der Waals surface area contributed by atoms with Gasteiger partial charge in [-0.1, -0.05) is 30.3 Å². The monoisotopic (exact) mass is 485 g/mol. The summed E-state index contributed by atoms with van der Waals surface area (Å²) < 4.78 is 60.1. The highest BCUT2D eigenvalue weighted by Crippen LogP contribution is 2.39. The van der Waals surface area contributed by atoms with Gasteiger partial charge < -0.3 is 10.5 Å². The zero-order valence-corrected chi connectivity index (χ0v) is 20.2. The Morgan fingerprint density at radius 2 is 1.73 bits per heavy atom. The first-order valence-electron chi connectivity index (χ1n) is 10.8. The van der Waals surface area contributed by atoms with Gasteiger partial charge in [0, 0.05) is 0 Å². The molecule has 0 aliphatic heterocycles. The zero-order valence-electron chi connectivity index (χ0n) is 19.3. The van der Waals surface area contributed by atoms with E-state index < -0.39 is 29.7 Å². The molecule has 8 heteroatoms. The van der Waals surface area contributed by atoms with Gasteiger partial charge in [-0.3, -0.25) is 4.79 Å². The topological polar surface area (TPSA) is 52.3 Å². The first kappa shape index (κ1) is 27.2. The number of carbonyl (C=O) groups excluding carboxylic acids is 1. The average Bonchev–Trinajstić information content (AvgIpc) is 2.68. The maximum Gasteiger partial charge on any atom is 0.395 e. The van der Waals surface area contributed by atoms with Crippen LogP contribution in [-0.2, 0) is 9.53 Å². The molecule has 0 aliphatic rings. The number of aryl methyl sites for hydroxylation is 1. The second-order valence-corrected chi connectivity index (χ2v) is 10.2. The number of carbonyl (C=O) groups is 1. The van der Waals surface area contributed by atoms with Crippen molar-refractivity contribution in [3.63, 3.8) is 0 Å². The van der Waals surface area contributed by atoms with E-state index in [-0.39, 0.29) is 23.6 Å². The van der Waals surface area contributed by atoms with Gasteiger partial charge in [0.1, 0.15) is 17.5 Å². The number of thioether (sulfide) groups is 1. The van der Waals surface area contributed by atoms with Gasteiger partial charge in [0.05, 0.1) is 5.92 Å². The highest BCUT2D eigenvalue weighted by Gasteiger charge is 2.40. The van der Waals surface area contributed by atoms with E-state index in [9.17, 15) is 22.4 Å². The van der Waals surface area contributed by atoms with E-state index in [1.807, 2.05) is 0 Å². The molecule has 2 rings (SSSR count). The fourth-order valence-electron chi connectivity index (χ4n) is 3.40. The van der Waals surface area contributed by atoms with Crippen LogP contribution in [0, 0.1) is 12.7 Å². The van der Waals surface area contributed by atoms with Crippen LogP contribution in [0.4, 0.5) is 17.6 Å². The summed E-state index contributed by atoms with van der Waals surface area (Å²) in [6.07, 6.45) is -4.17. The molecule has 2 unspecified atom stereocenters. The Balaban J connectivity index is 2.00. The second-order valence-electron chi connectivity index (χ2n) is 9.01. The number of benzene rings is 2. The maximum atomic E-state index is 13.8. The molecular weight excluding hydrogens is 454 g/mol. The first-order chi connectivity index (χ1) is 15.3. The van der Waals surface area contributed by atoms with Crippen molar-refractivity contribution in [3.05, 3.63) is 59.4 Å². The van der Waals surface area contributed by atoms with Crippen LogP contribution in [0.3, 0.4) is 0 Å². The Kier molecular flexibility index (Phi) is 9.38.